The summed E-state index contributed by atoms with van der Waals surface area (Å²) in [6, 6.07) is 24.3. The second-order valence-electron chi connectivity index (χ2n) is 9.30. The molecule has 5 aromatic rings. The molecule has 0 heterocycles. The van der Waals surface area contributed by atoms with Crippen LogP contribution in [0, 0.1) is 0 Å². The number of nitrogen functional groups attached to an aromatic ring is 1. The minimum Gasteiger partial charge on any atom is -0.505 e. The molecule has 1 amide bonds. The van der Waals surface area contributed by atoms with Crippen molar-refractivity contribution in [1.29, 1.82) is 0 Å². The van der Waals surface area contributed by atoms with Crippen molar-refractivity contribution in [1.82, 2.24) is 0 Å². The summed E-state index contributed by atoms with van der Waals surface area (Å²) in [7, 11) is -4.93. The van der Waals surface area contributed by atoms with Crippen molar-refractivity contribution in [3.63, 3.8) is 0 Å². The predicted molar refractivity (Wildman–Crippen MR) is 162 cm³/mol. The average molecular weight is 611 g/mol. The van der Waals surface area contributed by atoms with Gasteiger partial charge in [0.05, 0.1) is 16.9 Å². The molecule has 13 nitrogen and oxygen atoms in total. The van der Waals surface area contributed by atoms with Crippen LogP contribution in [-0.4, -0.2) is 35.1 Å². The molecule has 0 saturated heterocycles. The van der Waals surface area contributed by atoms with E-state index >= 15 is 0 Å². The van der Waals surface area contributed by atoms with Crippen LogP contribution in [0.25, 0.3) is 10.8 Å². The van der Waals surface area contributed by atoms with Crippen molar-refractivity contribution in [3.8, 4) is 5.75 Å². The van der Waals surface area contributed by atoms with Gasteiger partial charge in [0.2, 0.25) is 0 Å². The third kappa shape index (κ3) is 6.56. The molecule has 0 aliphatic carbocycles. The number of carbonyl (C=O) groups excluding carboxylic acids is 1. The van der Waals surface area contributed by atoms with Gasteiger partial charge in [-0.05, 0) is 72.1 Å². The van der Waals surface area contributed by atoms with Gasteiger partial charge in [-0.25, -0.2) is 4.79 Å². The summed E-state index contributed by atoms with van der Waals surface area (Å²) in [4.78, 5) is 23.9. The topological polar surface area (TPSA) is 216 Å². The maximum absolute atomic E-state index is 12.7. The Labute approximate surface area is 249 Å². The number of phenolic OH excluding ortho intramolecular Hbond substituents is 1. The predicted octanol–water partition coefficient (Wildman–Crippen LogP) is 7.16. The number of aromatic hydroxyl groups is 1. The number of hydrogen-bond acceptors (Lipinski definition) is 10. The normalized spacial score (nSPS) is 11.8. The number of nitrogens with zero attached hydrogens (tertiary/aromatic N) is 4. The van der Waals surface area contributed by atoms with Crippen LogP contribution >= 0.6 is 0 Å². The molecule has 0 aromatic heterocycles. The van der Waals surface area contributed by atoms with Crippen LogP contribution in [0.1, 0.15) is 20.7 Å². The summed E-state index contributed by atoms with van der Waals surface area (Å²) in [5.74, 6) is -2.56. The fourth-order valence-corrected chi connectivity index (χ4v) is 4.81. The van der Waals surface area contributed by atoms with Crippen molar-refractivity contribution in [3.05, 3.63) is 108 Å². The second kappa shape index (κ2) is 12.1. The number of hydrogen-bond donors (Lipinski definition) is 5. The van der Waals surface area contributed by atoms with Crippen molar-refractivity contribution in [2.75, 3.05) is 11.1 Å². The summed E-state index contributed by atoms with van der Waals surface area (Å²) in [6.07, 6.45) is 0. The maximum atomic E-state index is 12.7. The molecule has 44 heavy (non-hydrogen) atoms. The van der Waals surface area contributed by atoms with E-state index in [0.29, 0.717) is 11.4 Å². The quantitative estimate of drug-likeness (QED) is 0.0688. The molecule has 0 unspecified atom stereocenters. The number of anilines is 2. The third-order valence-electron chi connectivity index (χ3n) is 6.24. The van der Waals surface area contributed by atoms with Crippen LogP contribution in [-0.2, 0) is 10.1 Å². The molecule has 0 fully saturated rings. The Balaban J connectivity index is 1.53. The van der Waals surface area contributed by atoms with Crippen molar-refractivity contribution in [2.45, 2.75) is 4.90 Å². The number of phenols is 1. The molecular weight excluding hydrogens is 588 g/mol. The van der Waals surface area contributed by atoms with E-state index in [9.17, 15) is 32.8 Å². The Kier molecular flexibility index (Phi) is 8.10. The molecule has 5 rings (SSSR count). The summed E-state index contributed by atoms with van der Waals surface area (Å²) >= 11 is 0. The molecule has 14 heteroatoms. The molecular formula is C30H22N6O7S. The lowest BCUT2D eigenvalue weighted by molar-refractivity contribution is 0.0697. The summed E-state index contributed by atoms with van der Waals surface area (Å²) in [5.41, 5.74) is 6.23. The molecule has 0 aliphatic rings. The first-order valence-corrected chi connectivity index (χ1v) is 14.1. The lowest BCUT2D eigenvalue weighted by Crippen LogP contribution is -2.12. The van der Waals surface area contributed by atoms with Crippen molar-refractivity contribution < 1.29 is 32.8 Å². The highest BCUT2D eigenvalue weighted by Crippen LogP contribution is 2.42. The van der Waals surface area contributed by atoms with E-state index in [2.05, 4.69) is 25.8 Å². The molecule has 0 radical (unpaired) electrons. The van der Waals surface area contributed by atoms with E-state index in [1.807, 2.05) is 6.07 Å². The fraction of sp³-hybridized carbons (Fsp3) is 0. The molecule has 5 aromatic carbocycles. The Morgan fingerprint density at radius 3 is 2.23 bits per heavy atom. The van der Waals surface area contributed by atoms with Crippen LogP contribution in [0.2, 0.25) is 0 Å². The number of aromatic carboxylic acids is 1. The van der Waals surface area contributed by atoms with Gasteiger partial charge in [-0.3, -0.25) is 9.35 Å². The summed E-state index contributed by atoms with van der Waals surface area (Å²) in [6.45, 7) is 0. The molecule has 0 aliphatic heterocycles. The van der Waals surface area contributed by atoms with Gasteiger partial charge < -0.3 is 21.3 Å². The largest absolute Gasteiger partial charge is 0.505 e. The van der Waals surface area contributed by atoms with Crippen LogP contribution in [0.4, 0.5) is 34.1 Å². The number of benzene rings is 5. The first-order valence-electron chi connectivity index (χ1n) is 12.7. The standard InChI is InChI=1S/C30H22N6O7S/c31-19-6-4-5-18(13-19)29(38)32-21-10-9-17-14-26(44(41,42)43)27(28(37)23(17)15-21)36-35-25-12-11-22(16-24(25)30(39)40)34-33-20-7-2-1-3-8-20/h1-16,37H,31H2,(H,32,38)(H,39,40)(H,41,42,43). The van der Waals surface area contributed by atoms with E-state index in [0.717, 1.165) is 6.07 Å². The fourth-order valence-electron chi connectivity index (χ4n) is 4.15. The highest BCUT2D eigenvalue weighted by Gasteiger charge is 2.23. The number of rotatable bonds is 8. The van der Waals surface area contributed by atoms with Crippen LogP contribution in [0.5, 0.6) is 5.75 Å². The molecule has 0 saturated carbocycles. The molecule has 0 atom stereocenters. The Morgan fingerprint density at radius 1 is 0.773 bits per heavy atom. The zero-order chi connectivity index (χ0) is 31.4. The number of nitrogens with two attached hydrogens (primary N) is 1. The van der Waals surface area contributed by atoms with Crippen LogP contribution in [0.15, 0.2) is 122 Å². The van der Waals surface area contributed by atoms with Gasteiger partial charge in [-0.15, -0.1) is 10.2 Å². The average Bonchev–Trinajstić information content (AvgIpc) is 3.00. The second-order valence-corrected chi connectivity index (χ2v) is 10.7. The SMILES string of the molecule is Nc1cccc(C(=O)Nc2ccc3cc(S(=O)(=O)O)c(N=Nc4ccc(N=Nc5ccccc5)cc4C(=O)O)c(O)c3c2)c1. The Bertz CT molecular complexity index is 2100. The number of carboxylic acid groups (broad SMARTS) is 1. The van der Waals surface area contributed by atoms with Crippen LogP contribution in [0.3, 0.4) is 0 Å². The number of azo groups is 2. The molecule has 6 N–H and O–H groups in total. The van der Waals surface area contributed by atoms with E-state index in [-0.39, 0.29) is 39.0 Å². The Hall–Kier alpha value is -5.99. The van der Waals surface area contributed by atoms with E-state index in [1.54, 1.807) is 42.5 Å². The smallest absolute Gasteiger partial charge is 0.338 e. The monoisotopic (exact) mass is 610 g/mol. The van der Waals surface area contributed by atoms with Gasteiger partial charge >= 0.3 is 5.97 Å². The van der Waals surface area contributed by atoms with Crippen molar-refractivity contribution in [2.24, 2.45) is 20.5 Å². The number of nitrogens with one attached hydrogen (secondary N) is 1. The third-order valence-corrected chi connectivity index (χ3v) is 7.11. The van der Waals surface area contributed by atoms with Crippen LogP contribution < -0.4 is 11.1 Å². The van der Waals surface area contributed by atoms with Gasteiger partial charge in [0.15, 0.2) is 5.75 Å². The molecule has 0 bridgehead atoms. The number of fused-ring (bicyclic) bond motifs is 1. The Morgan fingerprint density at radius 2 is 1.52 bits per heavy atom. The van der Waals surface area contributed by atoms with Crippen molar-refractivity contribution >= 4 is 66.9 Å². The number of carbonyl (C=O) groups is 2. The van der Waals surface area contributed by atoms with Gasteiger partial charge in [-0.1, -0.05) is 30.3 Å². The highest BCUT2D eigenvalue weighted by atomic mass is 32.2. The lowest BCUT2D eigenvalue weighted by atomic mass is 10.1. The van der Waals surface area contributed by atoms with Gasteiger partial charge in [-0.2, -0.15) is 18.6 Å². The molecule has 0 spiro atoms. The lowest BCUT2D eigenvalue weighted by Gasteiger charge is -2.11. The minimum absolute atomic E-state index is 0.0619. The zero-order valence-corrected chi connectivity index (χ0v) is 23.3. The number of carboxylic acids is 1. The minimum atomic E-state index is -4.93. The van der Waals surface area contributed by atoms with E-state index < -0.39 is 38.3 Å². The first kappa shape index (κ1) is 29.5. The summed E-state index contributed by atoms with van der Waals surface area (Å²) in [5, 5.41) is 39.5. The first-order chi connectivity index (χ1) is 21.0. The van der Waals surface area contributed by atoms with Gasteiger partial charge in [0.1, 0.15) is 16.3 Å². The van der Waals surface area contributed by atoms with E-state index in [1.165, 1.54) is 42.5 Å². The van der Waals surface area contributed by atoms with Gasteiger partial charge in [0.25, 0.3) is 16.0 Å². The highest BCUT2D eigenvalue weighted by molar-refractivity contribution is 7.86. The summed E-state index contributed by atoms with van der Waals surface area (Å²) < 4.78 is 34.3. The van der Waals surface area contributed by atoms with Gasteiger partial charge in [0, 0.05) is 22.3 Å². The molecule has 220 valence electrons. The van der Waals surface area contributed by atoms with E-state index in [4.69, 9.17) is 5.73 Å². The maximum Gasteiger partial charge on any atom is 0.338 e. The zero-order valence-electron chi connectivity index (χ0n) is 22.5. The number of amides is 1.